The van der Waals surface area contributed by atoms with E-state index in [0.717, 1.165) is 33.9 Å². The van der Waals surface area contributed by atoms with Crippen molar-refractivity contribution < 1.29 is 0 Å². The lowest BCUT2D eigenvalue weighted by molar-refractivity contribution is 1.32. The molecule has 0 unspecified atom stereocenters. The predicted octanol–water partition coefficient (Wildman–Crippen LogP) is 7.22. The Morgan fingerprint density at radius 2 is 1.39 bits per heavy atom. The Morgan fingerprint density at radius 3 is 2.25 bits per heavy atom. The van der Waals surface area contributed by atoms with Crippen LogP contribution in [0, 0.1) is 0 Å². The molecule has 0 fully saturated rings. The number of imidazole rings is 1. The fourth-order valence-corrected chi connectivity index (χ4v) is 3.78. The minimum atomic E-state index is 0.700. The normalized spacial score (nSPS) is 11.0. The number of benzene rings is 4. The van der Waals surface area contributed by atoms with E-state index < -0.39 is 0 Å². The van der Waals surface area contributed by atoms with Crippen LogP contribution in [0.25, 0.3) is 44.7 Å². The third-order valence-corrected chi connectivity index (χ3v) is 5.14. The quantitative estimate of drug-likeness (QED) is 0.351. The average Bonchev–Trinajstić information content (AvgIpc) is 3.19. The van der Waals surface area contributed by atoms with Gasteiger partial charge in [0, 0.05) is 21.7 Å². The summed E-state index contributed by atoms with van der Waals surface area (Å²) in [5.74, 6) is 0.852. The van der Waals surface area contributed by atoms with Gasteiger partial charge in [-0.2, -0.15) is 0 Å². The molecule has 5 aromatic rings. The van der Waals surface area contributed by atoms with Crippen molar-refractivity contribution in [3.8, 4) is 33.9 Å². The average molecular weight is 381 g/mol. The van der Waals surface area contributed by atoms with Crippen LogP contribution in [0.2, 0.25) is 5.02 Å². The van der Waals surface area contributed by atoms with E-state index in [1.54, 1.807) is 0 Å². The van der Waals surface area contributed by atoms with E-state index >= 15 is 0 Å². The molecule has 0 spiro atoms. The lowest BCUT2D eigenvalue weighted by Crippen LogP contribution is -1.84. The molecule has 5 rings (SSSR count). The molecule has 0 saturated heterocycles. The zero-order valence-corrected chi connectivity index (χ0v) is 15.8. The summed E-state index contributed by atoms with van der Waals surface area (Å²) in [6.45, 7) is 0. The van der Waals surface area contributed by atoms with Crippen molar-refractivity contribution in [2.75, 3.05) is 0 Å². The highest BCUT2D eigenvalue weighted by atomic mass is 35.5. The van der Waals surface area contributed by atoms with Crippen LogP contribution in [0.15, 0.2) is 97.1 Å². The van der Waals surface area contributed by atoms with E-state index in [0.29, 0.717) is 5.02 Å². The first-order chi connectivity index (χ1) is 13.8. The van der Waals surface area contributed by atoms with Gasteiger partial charge in [0.2, 0.25) is 0 Å². The van der Waals surface area contributed by atoms with Gasteiger partial charge in [0.05, 0.1) is 11.4 Å². The van der Waals surface area contributed by atoms with Crippen LogP contribution in [-0.4, -0.2) is 9.97 Å². The van der Waals surface area contributed by atoms with E-state index in [9.17, 15) is 0 Å². The molecule has 0 aliphatic rings. The van der Waals surface area contributed by atoms with Crippen molar-refractivity contribution in [1.82, 2.24) is 9.97 Å². The summed E-state index contributed by atoms with van der Waals surface area (Å²) in [7, 11) is 0. The molecule has 0 radical (unpaired) electrons. The highest BCUT2D eigenvalue weighted by molar-refractivity contribution is 6.30. The Kier molecular flexibility index (Phi) is 4.19. The van der Waals surface area contributed by atoms with E-state index in [2.05, 4.69) is 59.6 Å². The number of fused-ring (bicyclic) bond motifs is 1. The maximum atomic E-state index is 6.26. The molecule has 0 saturated carbocycles. The van der Waals surface area contributed by atoms with Crippen molar-refractivity contribution in [2.24, 2.45) is 0 Å². The molecule has 28 heavy (non-hydrogen) atoms. The van der Waals surface area contributed by atoms with Gasteiger partial charge < -0.3 is 4.98 Å². The number of aromatic nitrogens is 2. The molecule has 4 aromatic carbocycles. The van der Waals surface area contributed by atoms with Gasteiger partial charge in [0.1, 0.15) is 5.82 Å². The summed E-state index contributed by atoms with van der Waals surface area (Å²) < 4.78 is 0. The summed E-state index contributed by atoms with van der Waals surface area (Å²) in [6, 6.07) is 32.8. The Morgan fingerprint density at radius 1 is 0.679 bits per heavy atom. The Labute approximate surface area is 168 Å². The first kappa shape index (κ1) is 16.8. The maximum Gasteiger partial charge on any atom is 0.139 e. The maximum absolute atomic E-state index is 6.26. The number of halogens is 1. The SMILES string of the molecule is Clc1cccc(-c2nc(-c3cccc4ccccc34)[nH]c2-c2ccccc2)c1. The van der Waals surface area contributed by atoms with Crippen molar-refractivity contribution in [3.05, 3.63) is 102 Å². The summed E-state index contributed by atoms with van der Waals surface area (Å²) in [5.41, 5.74) is 5.07. The van der Waals surface area contributed by atoms with Crippen LogP contribution >= 0.6 is 11.6 Å². The van der Waals surface area contributed by atoms with Gasteiger partial charge in [-0.1, -0.05) is 96.5 Å². The fourth-order valence-electron chi connectivity index (χ4n) is 3.59. The van der Waals surface area contributed by atoms with E-state index in [-0.39, 0.29) is 0 Å². The van der Waals surface area contributed by atoms with Gasteiger partial charge in [-0.05, 0) is 22.9 Å². The zero-order chi connectivity index (χ0) is 18.9. The molecule has 0 atom stereocenters. The second kappa shape index (κ2) is 6.99. The second-order valence-electron chi connectivity index (χ2n) is 6.71. The van der Waals surface area contributed by atoms with Crippen molar-refractivity contribution in [3.63, 3.8) is 0 Å². The van der Waals surface area contributed by atoms with Crippen LogP contribution in [-0.2, 0) is 0 Å². The summed E-state index contributed by atoms with van der Waals surface area (Å²) >= 11 is 6.26. The molecule has 1 N–H and O–H groups in total. The van der Waals surface area contributed by atoms with Crippen molar-refractivity contribution in [2.45, 2.75) is 0 Å². The predicted molar refractivity (Wildman–Crippen MR) is 117 cm³/mol. The van der Waals surface area contributed by atoms with Gasteiger partial charge in [-0.15, -0.1) is 0 Å². The molecule has 1 heterocycles. The molecular formula is C25H17ClN2. The molecular weight excluding hydrogens is 364 g/mol. The highest BCUT2D eigenvalue weighted by Crippen LogP contribution is 2.35. The molecule has 0 amide bonds. The Bertz CT molecular complexity index is 1270. The number of aromatic amines is 1. The minimum absolute atomic E-state index is 0.700. The number of rotatable bonds is 3. The largest absolute Gasteiger partial charge is 0.337 e. The van der Waals surface area contributed by atoms with Crippen LogP contribution in [0.4, 0.5) is 0 Å². The molecule has 134 valence electrons. The van der Waals surface area contributed by atoms with Gasteiger partial charge in [-0.3, -0.25) is 0 Å². The standard InChI is InChI=1S/C25H17ClN2/c26-20-13-6-12-19(16-20)24-23(18-9-2-1-3-10-18)27-25(28-24)22-15-7-11-17-8-4-5-14-21(17)22/h1-16H,(H,27,28). The fraction of sp³-hybridized carbons (Fsp3) is 0. The Hall–Kier alpha value is -3.36. The summed E-state index contributed by atoms with van der Waals surface area (Å²) in [6.07, 6.45) is 0. The van der Waals surface area contributed by atoms with Crippen LogP contribution in [0.1, 0.15) is 0 Å². The molecule has 0 bridgehead atoms. The molecule has 3 heteroatoms. The number of nitrogens with one attached hydrogen (secondary N) is 1. The van der Waals surface area contributed by atoms with Crippen molar-refractivity contribution >= 4 is 22.4 Å². The van der Waals surface area contributed by atoms with Crippen LogP contribution < -0.4 is 0 Å². The third-order valence-electron chi connectivity index (χ3n) is 4.91. The smallest absolute Gasteiger partial charge is 0.139 e. The first-order valence-corrected chi connectivity index (χ1v) is 9.57. The minimum Gasteiger partial charge on any atom is -0.337 e. The zero-order valence-electron chi connectivity index (χ0n) is 15.1. The van der Waals surface area contributed by atoms with Gasteiger partial charge in [-0.25, -0.2) is 4.98 Å². The van der Waals surface area contributed by atoms with Crippen molar-refractivity contribution in [1.29, 1.82) is 0 Å². The first-order valence-electron chi connectivity index (χ1n) is 9.19. The van der Waals surface area contributed by atoms with E-state index in [1.165, 1.54) is 10.8 Å². The number of hydrogen-bond donors (Lipinski definition) is 1. The summed E-state index contributed by atoms with van der Waals surface area (Å²) in [5, 5.41) is 3.07. The van der Waals surface area contributed by atoms with E-state index in [1.807, 2.05) is 42.5 Å². The Balaban J connectivity index is 1.77. The molecule has 0 aliphatic carbocycles. The third kappa shape index (κ3) is 2.98. The monoisotopic (exact) mass is 380 g/mol. The highest BCUT2D eigenvalue weighted by Gasteiger charge is 2.16. The molecule has 0 aliphatic heterocycles. The number of hydrogen-bond acceptors (Lipinski definition) is 1. The van der Waals surface area contributed by atoms with Crippen LogP contribution in [0.5, 0.6) is 0 Å². The second-order valence-corrected chi connectivity index (χ2v) is 7.15. The van der Waals surface area contributed by atoms with Gasteiger partial charge >= 0.3 is 0 Å². The lowest BCUT2D eigenvalue weighted by atomic mass is 10.0. The lowest BCUT2D eigenvalue weighted by Gasteiger charge is -2.03. The molecule has 2 nitrogen and oxygen atoms in total. The van der Waals surface area contributed by atoms with Gasteiger partial charge in [0.25, 0.3) is 0 Å². The van der Waals surface area contributed by atoms with E-state index in [4.69, 9.17) is 16.6 Å². The van der Waals surface area contributed by atoms with Gasteiger partial charge in [0.15, 0.2) is 0 Å². The number of H-pyrrole nitrogens is 1. The molecule has 1 aromatic heterocycles. The summed E-state index contributed by atoms with van der Waals surface area (Å²) in [4.78, 5) is 8.57. The topological polar surface area (TPSA) is 28.7 Å². The number of nitrogens with zero attached hydrogens (tertiary/aromatic N) is 1. The van der Waals surface area contributed by atoms with Crippen LogP contribution in [0.3, 0.4) is 0 Å².